The van der Waals surface area contributed by atoms with Gasteiger partial charge in [-0.25, -0.2) is 0 Å². The molecule has 96 valence electrons. The normalized spacial score (nSPS) is 19.6. The van der Waals surface area contributed by atoms with E-state index in [9.17, 15) is 0 Å². The molecule has 1 heterocycles. The molecule has 0 atom stereocenters. The highest BCUT2D eigenvalue weighted by atomic mass is 79.9. The maximum Gasteiger partial charge on any atom is 0.231 e. The van der Waals surface area contributed by atoms with Crippen molar-refractivity contribution in [2.24, 2.45) is 4.99 Å². The first-order chi connectivity index (χ1) is 8.83. The molecule has 0 saturated heterocycles. The van der Waals surface area contributed by atoms with Crippen molar-refractivity contribution in [2.45, 2.75) is 38.1 Å². The Bertz CT molecular complexity index is 467. The largest absolute Gasteiger partial charge is 0.454 e. The lowest BCUT2D eigenvalue weighted by atomic mass is 9.96. The zero-order valence-corrected chi connectivity index (χ0v) is 11.8. The van der Waals surface area contributed by atoms with Gasteiger partial charge in [0, 0.05) is 12.3 Å². The van der Waals surface area contributed by atoms with Crippen molar-refractivity contribution < 1.29 is 9.47 Å². The van der Waals surface area contributed by atoms with Gasteiger partial charge in [-0.1, -0.05) is 19.3 Å². The van der Waals surface area contributed by atoms with Gasteiger partial charge >= 0.3 is 0 Å². The molecule has 1 aromatic carbocycles. The van der Waals surface area contributed by atoms with Crippen molar-refractivity contribution in [1.29, 1.82) is 0 Å². The highest BCUT2D eigenvalue weighted by Crippen LogP contribution is 2.39. The smallest absolute Gasteiger partial charge is 0.231 e. The topological polar surface area (TPSA) is 30.8 Å². The molecule has 4 heteroatoms. The minimum Gasteiger partial charge on any atom is -0.454 e. The van der Waals surface area contributed by atoms with Gasteiger partial charge in [-0.3, -0.25) is 4.99 Å². The monoisotopic (exact) mass is 309 g/mol. The first-order valence-electron chi connectivity index (χ1n) is 6.45. The summed E-state index contributed by atoms with van der Waals surface area (Å²) in [5.41, 5.74) is 1.07. The molecular weight excluding hydrogens is 294 g/mol. The third kappa shape index (κ3) is 2.53. The fourth-order valence-electron chi connectivity index (χ4n) is 2.48. The summed E-state index contributed by atoms with van der Waals surface area (Å²) < 4.78 is 11.7. The Labute approximate surface area is 115 Å². The standard InChI is InChI=1S/C14H16BrNO2/c15-12-6-10(7-13-14(12)18-9-17-13)8-16-11-4-2-1-3-5-11/h6-8,11H,1-5,9H2. The van der Waals surface area contributed by atoms with E-state index in [0.29, 0.717) is 12.8 Å². The average Bonchev–Trinajstić information content (AvgIpc) is 2.86. The molecule has 0 amide bonds. The maximum atomic E-state index is 5.40. The number of fused-ring (bicyclic) bond motifs is 1. The van der Waals surface area contributed by atoms with E-state index in [1.165, 1.54) is 32.1 Å². The summed E-state index contributed by atoms with van der Waals surface area (Å²) >= 11 is 3.50. The van der Waals surface area contributed by atoms with E-state index in [1.807, 2.05) is 18.3 Å². The number of halogens is 1. The molecule has 0 aromatic heterocycles. The van der Waals surface area contributed by atoms with E-state index in [4.69, 9.17) is 9.47 Å². The maximum absolute atomic E-state index is 5.40. The Hall–Kier alpha value is -1.03. The van der Waals surface area contributed by atoms with Crippen molar-refractivity contribution in [3.63, 3.8) is 0 Å². The molecule has 0 unspecified atom stereocenters. The Morgan fingerprint density at radius 3 is 2.83 bits per heavy atom. The molecule has 3 nitrogen and oxygen atoms in total. The van der Waals surface area contributed by atoms with E-state index in [2.05, 4.69) is 20.9 Å². The molecule has 1 aromatic rings. The highest BCUT2D eigenvalue weighted by molar-refractivity contribution is 9.10. The van der Waals surface area contributed by atoms with Crippen LogP contribution in [0.15, 0.2) is 21.6 Å². The number of benzene rings is 1. The molecule has 1 saturated carbocycles. The summed E-state index contributed by atoms with van der Waals surface area (Å²) in [7, 11) is 0. The number of rotatable bonds is 2. The van der Waals surface area contributed by atoms with E-state index in [1.54, 1.807) is 0 Å². The molecule has 1 aliphatic carbocycles. The lowest BCUT2D eigenvalue weighted by molar-refractivity contribution is 0.173. The molecular formula is C14H16BrNO2. The van der Waals surface area contributed by atoms with E-state index in [0.717, 1.165) is 21.5 Å². The average molecular weight is 310 g/mol. The Morgan fingerprint density at radius 2 is 2.00 bits per heavy atom. The van der Waals surface area contributed by atoms with Gasteiger partial charge in [0.25, 0.3) is 0 Å². The number of hydrogen-bond donors (Lipinski definition) is 0. The molecule has 0 N–H and O–H groups in total. The second-order valence-corrected chi connectivity index (χ2v) is 5.66. The lowest BCUT2D eigenvalue weighted by Crippen LogP contribution is -2.09. The van der Waals surface area contributed by atoms with Crippen LogP contribution in [0.4, 0.5) is 0 Å². The Kier molecular flexibility index (Phi) is 3.55. The van der Waals surface area contributed by atoms with Gasteiger partial charge in [-0.15, -0.1) is 0 Å². The van der Waals surface area contributed by atoms with Crippen LogP contribution in [0, 0.1) is 0 Å². The van der Waals surface area contributed by atoms with Crippen molar-refractivity contribution in [3.05, 3.63) is 22.2 Å². The van der Waals surface area contributed by atoms with Crippen molar-refractivity contribution in [3.8, 4) is 11.5 Å². The molecule has 0 bridgehead atoms. The second-order valence-electron chi connectivity index (χ2n) is 4.81. The van der Waals surface area contributed by atoms with Gasteiger partial charge in [0.15, 0.2) is 11.5 Å². The van der Waals surface area contributed by atoms with Gasteiger partial charge in [0.05, 0.1) is 4.47 Å². The van der Waals surface area contributed by atoms with Gasteiger partial charge < -0.3 is 9.47 Å². The Balaban J connectivity index is 1.76. The zero-order chi connectivity index (χ0) is 12.4. The van der Waals surface area contributed by atoms with E-state index < -0.39 is 0 Å². The minimum absolute atomic E-state index is 0.303. The summed E-state index contributed by atoms with van der Waals surface area (Å²) in [4.78, 5) is 4.68. The molecule has 18 heavy (non-hydrogen) atoms. The van der Waals surface area contributed by atoms with Crippen LogP contribution in [0.2, 0.25) is 0 Å². The number of ether oxygens (including phenoxy) is 2. The lowest BCUT2D eigenvalue weighted by Gasteiger charge is -2.17. The molecule has 0 spiro atoms. The predicted octanol–water partition coefficient (Wildman–Crippen LogP) is 3.93. The summed E-state index contributed by atoms with van der Waals surface area (Å²) in [6, 6.07) is 4.52. The third-order valence-electron chi connectivity index (χ3n) is 3.46. The fraction of sp³-hybridized carbons (Fsp3) is 0.500. The summed E-state index contributed by atoms with van der Waals surface area (Å²) in [5, 5.41) is 0. The quantitative estimate of drug-likeness (QED) is 0.775. The zero-order valence-electron chi connectivity index (χ0n) is 10.2. The summed E-state index contributed by atoms with van der Waals surface area (Å²) in [5.74, 6) is 1.60. The fourth-order valence-corrected chi connectivity index (χ4v) is 3.06. The second kappa shape index (κ2) is 5.31. The number of hydrogen-bond acceptors (Lipinski definition) is 3. The van der Waals surface area contributed by atoms with Crippen LogP contribution in [0.3, 0.4) is 0 Å². The SMILES string of the molecule is Brc1cc(C=NC2CCCCC2)cc2c1OCO2. The van der Waals surface area contributed by atoms with E-state index in [-0.39, 0.29) is 0 Å². The van der Waals surface area contributed by atoms with Crippen molar-refractivity contribution in [2.75, 3.05) is 6.79 Å². The van der Waals surface area contributed by atoms with Crippen LogP contribution >= 0.6 is 15.9 Å². The first kappa shape index (κ1) is 12.0. The Morgan fingerprint density at radius 1 is 1.17 bits per heavy atom. The molecule has 2 aliphatic rings. The van der Waals surface area contributed by atoms with Crippen LogP contribution in [0.25, 0.3) is 0 Å². The summed E-state index contributed by atoms with van der Waals surface area (Å²) in [6.45, 7) is 0.303. The van der Waals surface area contributed by atoms with Crippen LogP contribution in [0.5, 0.6) is 11.5 Å². The van der Waals surface area contributed by atoms with Gasteiger partial charge in [-0.05, 0) is 46.5 Å². The van der Waals surface area contributed by atoms with Crippen LogP contribution in [-0.2, 0) is 0 Å². The van der Waals surface area contributed by atoms with Crippen molar-refractivity contribution in [1.82, 2.24) is 0 Å². The van der Waals surface area contributed by atoms with E-state index >= 15 is 0 Å². The number of aliphatic imine (C=N–C) groups is 1. The molecule has 3 rings (SSSR count). The molecule has 1 fully saturated rings. The summed E-state index contributed by atoms with van der Waals surface area (Å²) in [6.07, 6.45) is 8.40. The van der Waals surface area contributed by atoms with Gasteiger partial charge in [-0.2, -0.15) is 0 Å². The third-order valence-corrected chi connectivity index (χ3v) is 4.05. The molecule has 1 aliphatic heterocycles. The van der Waals surface area contributed by atoms with Crippen LogP contribution in [-0.4, -0.2) is 19.0 Å². The molecule has 0 radical (unpaired) electrons. The van der Waals surface area contributed by atoms with Crippen LogP contribution in [0.1, 0.15) is 37.7 Å². The minimum atomic E-state index is 0.303. The van der Waals surface area contributed by atoms with Gasteiger partial charge in [0.2, 0.25) is 6.79 Å². The predicted molar refractivity (Wildman–Crippen MR) is 74.7 cm³/mol. The van der Waals surface area contributed by atoms with Crippen molar-refractivity contribution >= 4 is 22.1 Å². The van der Waals surface area contributed by atoms with Gasteiger partial charge in [0.1, 0.15) is 0 Å². The number of nitrogens with zero attached hydrogens (tertiary/aromatic N) is 1. The van der Waals surface area contributed by atoms with Crippen LogP contribution < -0.4 is 9.47 Å². The first-order valence-corrected chi connectivity index (χ1v) is 7.24. The highest BCUT2D eigenvalue weighted by Gasteiger charge is 2.17.